The molecule has 1 aromatic carbocycles. The summed E-state index contributed by atoms with van der Waals surface area (Å²) in [6.45, 7) is 11.0. The van der Waals surface area contributed by atoms with Crippen molar-refractivity contribution in [3.05, 3.63) is 28.8 Å². The van der Waals surface area contributed by atoms with Gasteiger partial charge in [-0.2, -0.15) is 0 Å². The van der Waals surface area contributed by atoms with Crippen LogP contribution in [0.3, 0.4) is 0 Å². The van der Waals surface area contributed by atoms with Crippen LogP contribution in [-0.2, 0) is 11.3 Å². The number of hydrogen-bond donors (Lipinski definition) is 1. The van der Waals surface area contributed by atoms with Gasteiger partial charge in [0, 0.05) is 19.1 Å². The molecule has 3 nitrogen and oxygen atoms in total. The Balaban J connectivity index is 1.94. The quantitative estimate of drug-likeness (QED) is 0.776. The Bertz CT molecular complexity index is 402. The van der Waals surface area contributed by atoms with Gasteiger partial charge in [-0.15, -0.1) is 0 Å². The number of aryl methyl sites for hydroxylation is 2. The van der Waals surface area contributed by atoms with E-state index in [4.69, 9.17) is 9.47 Å². The minimum Gasteiger partial charge on any atom is -0.493 e. The van der Waals surface area contributed by atoms with Crippen LogP contribution in [0.15, 0.2) is 12.1 Å². The SMILES string of the molecule is CCCNCc1cc(C)c(OCC2CCOC2)c(C)c1. The molecule has 1 aliphatic rings. The van der Waals surface area contributed by atoms with Gasteiger partial charge < -0.3 is 14.8 Å². The maximum absolute atomic E-state index is 6.03. The van der Waals surface area contributed by atoms with Crippen LogP contribution in [0.4, 0.5) is 0 Å². The van der Waals surface area contributed by atoms with Gasteiger partial charge in [-0.3, -0.25) is 0 Å². The fraction of sp³-hybridized carbons (Fsp3) is 0.647. The van der Waals surface area contributed by atoms with Crippen LogP contribution in [-0.4, -0.2) is 26.4 Å². The van der Waals surface area contributed by atoms with Crippen molar-refractivity contribution in [2.75, 3.05) is 26.4 Å². The van der Waals surface area contributed by atoms with E-state index in [2.05, 4.69) is 38.2 Å². The molecule has 1 saturated heterocycles. The van der Waals surface area contributed by atoms with Crippen molar-refractivity contribution >= 4 is 0 Å². The molecule has 2 rings (SSSR count). The number of benzene rings is 1. The topological polar surface area (TPSA) is 30.5 Å². The van der Waals surface area contributed by atoms with Crippen LogP contribution < -0.4 is 10.1 Å². The lowest BCUT2D eigenvalue weighted by Crippen LogP contribution is -2.15. The molecule has 1 heterocycles. The van der Waals surface area contributed by atoms with Crippen molar-refractivity contribution in [3.8, 4) is 5.75 Å². The van der Waals surface area contributed by atoms with E-state index < -0.39 is 0 Å². The molecule has 0 amide bonds. The van der Waals surface area contributed by atoms with E-state index in [-0.39, 0.29) is 0 Å². The standard InChI is InChI=1S/C17H27NO2/c1-4-6-18-10-16-8-13(2)17(14(3)9-16)20-12-15-5-7-19-11-15/h8-9,15,18H,4-7,10-12H2,1-3H3. The zero-order chi connectivity index (χ0) is 14.4. The maximum Gasteiger partial charge on any atom is 0.125 e. The maximum atomic E-state index is 6.03. The zero-order valence-corrected chi connectivity index (χ0v) is 13.0. The first-order valence-electron chi connectivity index (χ1n) is 7.72. The van der Waals surface area contributed by atoms with Crippen LogP contribution in [0.25, 0.3) is 0 Å². The highest BCUT2D eigenvalue weighted by Crippen LogP contribution is 2.26. The minimum atomic E-state index is 0.555. The third-order valence-corrected chi connectivity index (χ3v) is 3.76. The summed E-state index contributed by atoms with van der Waals surface area (Å²) >= 11 is 0. The second-order valence-corrected chi connectivity index (χ2v) is 5.78. The average Bonchev–Trinajstić information content (AvgIpc) is 2.91. The Morgan fingerprint density at radius 2 is 2.05 bits per heavy atom. The summed E-state index contributed by atoms with van der Waals surface area (Å²) in [6.07, 6.45) is 2.29. The Hall–Kier alpha value is -1.06. The summed E-state index contributed by atoms with van der Waals surface area (Å²) in [5, 5.41) is 3.44. The Morgan fingerprint density at radius 1 is 1.30 bits per heavy atom. The van der Waals surface area contributed by atoms with Gasteiger partial charge >= 0.3 is 0 Å². The van der Waals surface area contributed by atoms with Crippen LogP contribution in [0.2, 0.25) is 0 Å². The number of rotatable bonds is 7. The van der Waals surface area contributed by atoms with Gasteiger partial charge in [0.1, 0.15) is 5.75 Å². The predicted octanol–water partition coefficient (Wildman–Crippen LogP) is 3.22. The number of ether oxygens (including phenoxy) is 2. The Morgan fingerprint density at radius 3 is 2.65 bits per heavy atom. The molecule has 1 aliphatic heterocycles. The summed E-state index contributed by atoms with van der Waals surface area (Å²) in [5.41, 5.74) is 3.81. The average molecular weight is 277 g/mol. The zero-order valence-electron chi connectivity index (χ0n) is 13.0. The number of nitrogens with one attached hydrogen (secondary N) is 1. The van der Waals surface area contributed by atoms with E-state index in [9.17, 15) is 0 Å². The Kier molecular flexibility index (Phi) is 5.86. The fourth-order valence-electron chi connectivity index (χ4n) is 2.70. The van der Waals surface area contributed by atoms with Gasteiger partial charge in [-0.05, 0) is 49.9 Å². The van der Waals surface area contributed by atoms with E-state index >= 15 is 0 Å². The van der Waals surface area contributed by atoms with Gasteiger partial charge in [0.15, 0.2) is 0 Å². The largest absolute Gasteiger partial charge is 0.493 e. The molecule has 1 unspecified atom stereocenters. The minimum absolute atomic E-state index is 0.555. The molecule has 112 valence electrons. The van der Waals surface area contributed by atoms with Gasteiger partial charge in [-0.1, -0.05) is 19.1 Å². The third-order valence-electron chi connectivity index (χ3n) is 3.76. The Labute approximate surface area is 122 Å². The predicted molar refractivity (Wildman–Crippen MR) is 82.3 cm³/mol. The monoisotopic (exact) mass is 277 g/mol. The molecular weight excluding hydrogens is 250 g/mol. The van der Waals surface area contributed by atoms with Gasteiger partial charge in [-0.25, -0.2) is 0 Å². The van der Waals surface area contributed by atoms with Crippen LogP contribution in [0, 0.1) is 19.8 Å². The molecule has 1 fully saturated rings. The van der Waals surface area contributed by atoms with Crippen molar-refractivity contribution in [1.29, 1.82) is 0 Å². The van der Waals surface area contributed by atoms with Crippen molar-refractivity contribution in [1.82, 2.24) is 5.32 Å². The summed E-state index contributed by atoms with van der Waals surface area (Å²) in [7, 11) is 0. The summed E-state index contributed by atoms with van der Waals surface area (Å²) in [4.78, 5) is 0. The molecule has 0 saturated carbocycles. The van der Waals surface area contributed by atoms with E-state index in [0.717, 1.165) is 45.1 Å². The molecule has 20 heavy (non-hydrogen) atoms. The van der Waals surface area contributed by atoms with E-state index in [1.165, 1.54) is 23.1 Å². The normalized spacial score (nSPS) is 18.4. The first-order chi connectivity index (χ1) is 9.70. The lowest BCUT2D eigenvalue weighted by Gasteiger charge is -2.16. The highest BCUT2D eigenvalue weighted by molar-refractivity contribution is 5.43. The first-order valence-corrected chi connectivity index (χ1v) is 7.72. The second kappa shape index (κ2) is 7.65. The van der Waals surface area contributed by atoms with Crippen LogP contribution in [0.5, 0.6) is 5.75 Å². The number of hydrogen-bond acceptors (Lipinski definition) is 3. The molecule has 1 N–H and O–H groups in total. The molecule has 3 heteroatoms. The summed E-state index contributed by atoms with van der Waals surface area (Å²) in [6, 6.07) is 4.46. The van der Waals surface area contributed by atoms with Crippen molar-refractivity contribution in [2.45, 2.75) is 40.2 Å². The smallest absolute Gasteiger partial charge is 0.125 e. The van der Waals surface area contributed by atoms with E-state index in [1.54, 1.807) is 0 Å². The lowest BCUT2D eigenvalue weighted by molar-refractivity contribution is 0.166. The van der Waals surface area contributed by atoms with Crippen molar-refractivity contribution < 1.29 is 9.47 Å². The van der Waals surface area contributed by atoms with Crippen molar-refractivity contribution in [3.63, 3.8) is 0 Å². The first kappa shape index (κ1) is 15.3. The lowest BCUT2D eigenvalue weighted by atomic mass is 10.1. The fourth-order valence-corrected chi connectivity index (χ4v) is 2.70. The van der Waals surface area contributed by atoms with Gasteiger partial charge in [0.05, 0.1) is 13.2 Å². The molecule has 0 aliphatic carbocycles. The molecule has 1 atom stereocenters. The second-order valence-electron chi connectivity index (χ2n) is 5.78. The summed E-state index contributed by atoms with van der Waals surface area (Å²) in [5.74, 6) is 1.61. The molecule has 0 radical (unpaired) electrons. The van der Waals surface area contributed by atoms with Crippen molar-refractivity contribution in [2.24, 2.45) is 5.92 Å². The summed E-state index contributed by atoms with van der Waals surface area (Å²) < 4.78 is 11.4. The van der Waals surface area contributed by atoms with Gasteiger partial charge in [0.25, 0.3) is 0 Å². The third kappa shape index (κ3) is 4.22. The van der Waals surface area contributed by atoms with Crippen LogP contribution in [0.1, 0.15) is 36.5 Å². The molecule has 0 aromatic heterocycles. The van der Waals surface area contributed by atoms with Crippen LogP contribution >= 0.6 is 0 Å². The molecular formula is C17H27NO2. The van der Waals surface area contributed by atoms with E-state index in [1.807, 2.05) is 0 Å². The van der Waals surface area contributed by atoms with E-state index in [0.29, 0.717) is 5.92 Å². The highest BCUT2D eigenvalue weighted by atomic mass is 16.5. The molecule has 0 spiro atoms. The molecule has 0 bridgehead atoms. The highest BCUT2D eigenvalue weighted by Gasteiger charge is 2.17. The van der Waals surface area contributed by atoms with Gasteiger partial charge in [0.2, 0.25) is 0 Å². The molecule has 1 aromatic rings.